The summed E-state index contributed by atoms with van der Waals surface area (Å²) in [4.78, 5) is 43.5. The minimum absolute atomic E-state index is 0.0767. The number of hydrogen-bond donors (Lipinski definition) is 2. The van der Waals surface area contributed by atoms with Gasteiger partial charge in [0.2, 0.25) is 18.6 Å². The van der Waals surface area contributed by atoms with E-state index in [9.17, 15) is 19.5 Å². The van der Waals surface area contributed by atoms with Crippen LogP contribution in [0.3, 0.4) is 0 Å². The number of halogens is 1. The molecule has 40 heavy (non-hydrogen) atoms. The second kappa shape index (κ2) is 9.55. The molecule has 5 unspecified atom stereocenters. The van der Waals surface area contributed by atoms with Gasteiger partial charge in [-0.25, -0.2) is 4.79 Å². The topological polar surface area (TPSA) is 122 Å². The third-order valence-corrected chi connectivity index (χ3v) is 10.0. The molecule has 8 rings (SSSR count). The summed E-state index contributed by atoms with van der Waals surface area (Å²) in [5.41, 5.74) is 9.12. The first-order valence-electron chi connectivity index (χ1n) is 12.8. The van der Waals surface area contributed by atoms with E-state index >= 15 is 0 Å². The van der Waals surface area contributed by atoms with Crippen molar-refractivity contribution in [3.05, 3.63) is 86.0 Å². The average Bonchev–Trinajstić information content (AvgIpc) is 3.69. The number of hydrogen-bond acceptors (Lipinski definition) is 8. The molecule has 3 aromatic rings. The Kier molecular flexibility index (Phi) is 6.08. The van der Waals surface area contributed by atoms with Crippen LogP contribution in [0.15, 0.2) is 64.5 Å². The van der Waals surface area contributed by atoms with Gasteiger partial charge >= 0.3 is 6.03 Å². The van der Waals surface area contributed by atoms with E-state index in [2.05, 4.69) is 26.9 Å². The molecule has 2 bridgehead atoms. The zero-order chi connectivity index (χ0) is 27.7. The Morgan fingerprint density at radius 3 is 2.45 bits per heavy atom. The molecular weight excluding hydrogens is 598 g/mol. The van der Waals surface area contributed by atoms with Crippen LogP contribution in [0.1, 0.15) is 27.6 Å². The van der Waals surface area contributed by atoms with Gasteiger partial charge in [0.1, 0.15) is 0 Å². The molecule has 5 aliphatic rings. The van der Waals surface area contributed by atoms with Gasteiger partial charge in [-0.2, -0.15) is 4.90 Å². The molecular formula is C29H24BrN3O6S. The molecule has 9 nitrogen and oxygen atoms in total. The van der Waals surface area contributed by atoms with E-state index in [1.54, 1.807) is 11.3 Å². The second-order valence-corrected chi connectivity index (χ2v) is 12.2. The van der Waals surface area contributed by atoms with E-state index in [0.717, 1.165) is 31.6 Å². The van der Waals surface area contributed by atoms with E-state index in [-0.39, 0.29) is 19.4 Å². The summed E-state index contributed by atoms with van der Waals surface area (Å²) in [6.45, 7) is 0.532. The highest BCUT2D eigenvalue weighted by atomic mass is 79.9. The maximum atomic E-state index is 13.7. The average molecular weight is 622 g/mol. The van der Waals surface area contributed by atoms with Gasteiger partial charge in [-0.15, -0.1) is 11.3 Å². The number of urea groups is 1. The number of aliphatic hydroxyl groups excluding tert-OH is 1. The van der Waals surface area contributed by atoms with Crippen LogP contribution < -0.4 is 15.2 Å². The number of piperidine rings is 1. The number of likely N-dealkylation sites (tertiary alicyclic amines) is 1. The largest absolute Gasteiger partial charge is 0.454 e. The van der Waals surface area contributed by atoms with Gasteiger partial charge in [0, 0.05) is 27.9 Å². The van der Waals surface area contributed by atoms with Crippen LogP contribution in [-0.2, 0) is 22.7 Å². The molecule has 0 saturated carbocycles. The van der Waals surface area contributed by atoms with E-state index in [0.29, 0.717) is 22.9 Å². The van der Waals surface area contributed by atoms with Gasteiger partial charge in [0.05, 0.1) is 24.5 Å². The number of imide groups is 3. The quantitative estimate of drug-likeness (QED) is 0.412. The SMILES string of the molecule is NC(=O)N1C(=O)C2C(C1=O)C1C=C(c3ccc(CO)cc3)C2C(c2cccs2)N1Cc1cc2c(cc1Br)OCO2. The third kappa shape index (κ3) is 3.76. The smallest absolute Gasteiger partial charge is 0.328 e. The summed E-state index contributed by atoms with van der Waals surface area (Å²) in [5.74, 6) is -1.67. The van der Waals surface area contributed by atoms with Crippen molar-refractivity contribution in [2.75, 3.05) is 6.79 Å². The first-order valence-corrected chi connectivity index (χ1v) is 14.5. The number of primary amides is 1. The standard InChI is InChI=1S/C29H24BrN3O6S/c30-18-10-21-20(38-13-39-21)8-16(18)11-32-19-9-17(15-5-3-14(12-34)4-6-15)23(26(32)22-2-1-7-40-22)25-24(19)27(35)33(28(25)36)29(31)37/h1-10,19,23-26,34H,11-13H2,(H2,31,37). The molecule has 0 radical (unpaired) electrons. The van der Waals surface area contributed by atoms with Gasteiger partial charge in [0.25, 0.3) is 0 Å². The molecule has 1 aliphatic carbocycles. The highest BCUT2D eigenvalue weighted by Gasteiger charge is 2.65. The molecule has 4 amide bonds. The Morgan fingerprint density at radius 2 is 1.77 bits per heavy atom. The first-order chi connectivity index (χ1) is 19.4. The number of aliphatic hydroxyl groups is 1. The van der Waals surface area contributed by atoms with Gasteiger partial charge < -0.3 is 20.3 Å². The minimum Gasteiger partial charge on any atom is -0.454 e. The van der Waals surface area contributed by atoms with Crippen molar-refractivity contribution in [3.63, 3.8) is 0 Å². The Bertz CT molecular complexity index is 1570. The van der Waals surface area contributed by atoms with E-state index in [1.807, 2.05) is 53.9 Å². The van der Waals surface area contributed by atoms with Crippen molar-refractivity contribution in [1.82, 2.24) is 9.80 Å². The molecule has 2 saturated heterocycles. The second-order valence-electron chi connectivity index (χ2n) is 10.3. The number of carbonyl (C=O) groups is 3. The van der Waals surface area contributed by atoms with Crippen molar-refractivity contribution in [2.45, 2.75) is 25.2 Å². The van der Waals surface area contributed by atoms with Crippen LogP contribution in [0.2, 0.25) is 0 Å². The molecule has 2 aromatic carbocycles. The predicted molar refractivity (Wildman–Crippen MR) is 149 cm³/mol. The van der Waals surface area contributed by atoms with Crippen molar-refractivity contribution < 1.29 is 29.0 Å². The lowest BCUT2D eigenvalue weighted by molar-refractivity contribution is -0.136. The zero-order valence-electron chi connectivity index (χ0n) is 21.0. The maximum absolute atomic E-state index is 13.7. The highest BCUT2D eigenvalue weighted by Crippen LogP contribution is 2.59. The normalized spacial score (nSPS) is 26.8. The van der Waals surface area contributed by atoms with E-state index < -0.39 is 41.6 Å². The molecule has 0 spiro atoms. The molecule has 1 aromatic heterocycles. The fraction of sp³-hybridized carbons (Fsp3) is 0.276. The van der Waals surface area contributed by atoms with Crippen LogP contribution in [-0.4, -0.2) is 45.6 Å². The molecule has 204 valence electrons. The number of ether oxygens (including phenoxy) is 2. The van der Waals surface area contributed by atoms with Crippen LogP contribution in [0.25, 0.3) is 5.57 Å². The zero-order valence-corrected chi connectivity index (χ0v) is 23.4. The molecule has 2 fully saturated rings. The van der Waals surface area contributed by atoms with Gasteiger partial charge in [-0.05, 0) is 45.8 Å². The van der Waals surface area contributed by atoms with Gasteiger partial charge in [-0.1, -0.05) is 52.3 Å². The summed E-state index contributed by atoms with van der Waals surface area (Å²) in [6, 6.07) is 13.7. The van der Waals surface area contributed by atoms with Crippen molar-refractivity contribution in [3.8, 4) is 11.5 Å². The Balaban J connectivity index is 1.40. The number of carbonyl (C=O) groups excluding carboxylic acids is 3. The Morgan fingerprint density at radius 1 is 1.05 bits per heavy atom. The van der Waals surface area contributed by atoms with Crippen LogP contribution >= 0.6 is 27.3 Å². The lowest BCUT2D eigenvalue weighted by Crippen LogP contribution is -2.58. The Hall–Kier alpha value is -3.51. The number of rotatable bonds is 5. The lowest BCUT2D eigenvalue weighted by Gasteiger charge is -2.54. The highest BCUT2D eigenvalue weighted by molar-refractivity contribution is 9.10. The summed E-state index contributed by atoms with van der Waals surface area (Å²) in [6.07, 6.45) is 2.07. The van der Waals surface area contributed by atoms with Crippen molar-refractivity contribution in [2.24, 2.45) is 23.5 Å². The lowest BCUT2D eigenvalue weighted by atomic mass is 9.61. The Labute approximate surface area is 241 Å². The minimum atomic E-state index is -1.05. The number of nitrogens with two attached hydrogens (primary N) is 1. The van der Waals surface area contributed by atoms with Crippen molar-refractivity contribution in [1.29, 1.82) is 0 Å². The molecule has 4 aliphatic heterocycles. The fourth-order valence-electron chi connectivity index (χ4n) is 6.69. The molecule has 11 heteroatoms. The summed E-state index contributed by atoms with van der Waals surface area (Å²) in [5, 5.41) is 11.6. The van der Waals surface area contributed by atoms with Gasteiger partial charge in [0.15, 0.2) is 11.5 Å². The van der Waals surface area contributed by atoms with E-state index in [4.69, 9.17) is 15.2 Å². The summed E-state index contributed by atoms with van der Waals surface area (Å²) >= 11 is 5.28. The van der Waals surface area contributed by atoms with Crippen molar-refractivity contribution >= 4 is 50.7 Å². The number of benzene rings is 2. The van der Waals surface area contributed by atoms with E-state index in [1.165, 1.54) is 0 Å². The number of thiophene rings is 1. The summed E-state index contributed by atoms with van der Waals surface area (Å²) in [7, 11) is 0. The number of fused-ring (bicyclic) bond motifs is 2. The summed E-state index contributed by atoms with van der Waals surface area (Å²) < 4.78 is 12.0. The van der Waals surface area contributed by atoms with Crippen LogP contribution in [0.4, 0.5) is 4.79 Å². The monoisotopic (exact) mass is 621 g/mol. The molecule has 5 heterocycles. The first kappa shape index (κ1) is 25.5. The van der Waals surface area contributed by atoms with Crippen LogP contribution in [0, 0.1) is 17.8 Å². The number of amides is 4. The van der Waals surface area contributed by atoms with Crippen LogP contribution in [0.5, 0.6) is 11.5 Å². The molecule has 5 atom stereocenters. The van der Waals surface area contributed by atoms with Gasteiger partial charge in [-0.3, -0.25) is 14.5 Å². The number of nitrogens with zero attached hydrogens (tertiary/aromatic N) is 2. The third-order valence-electron chi connectivity index (χ3n) is 8.36. The predicted octanol–water partition coefficient (Wildman–Crippen LogP) is 4.05. The molecule has 3 N–H and O–H groups in total. The maximum Gasteiger partial charge on any atom is 0.328 e. The fourth-order valence-corrected chi connectivity index (χ4v) is 8.03.